The summed E-state index contributed by atoms with van der Waals surface area (Å²) < 4.78 is 8.83. The van der Waals surface area contributed by atoms with Gasteiger partial charge in [-0.3, -0.25) is 9.67 Å². The van der Waals surface area contributed by atoms with E-state index in [9.17, 15) is 0 Å². The first-order valence-electron chi connectivity index (χ1n) is 9.30. The van der Waals surface area contributed by atoms with Gasteiger partial charge in [0.05, 0.1) is 18.4 Å². The van der Waals surface area contributed by atoms with Crippen molar-refractivity contribution in [3.8, 4) is 17.0 Å². The summed E-state index contributed by atoms with van der Waals surface area (Å²) in [6.07, 6.45) is 7.51. The molecule has 0 amide bonds. The molecule has 28 heavy (non-hydrogen) atoms. The van der Waals surface area contributed by atoms with Crippen LogP contribution in [0, 0.1) is 0 Å². The maximum Gasteiger partial charge on any atom is 0.237 e. The molecule has 0 fully saturated rings. The van der Waals surface area contributed by atoms with Gasteiger partial charge in [-0.05, 0) is 34.1 Å². The first kappa shape index (κ1) is 18.9. The van der Waals surface area contributed by atoms with Crippen LogP contribution in [-0.2, 0) is 7.05 Å². The summed E-state index contributed by atoms with van der Waals surface area (Å²) in [5, 5.41) is 11.1. The maximum absolute atomic E-state index is 6.05. The third kappa shape index (κ3) is 4.34. The molecule has 1 aliphatic heterocycles. The topological polar surface area (TPSA) is 76.9 Å². The largest absolute Gasteiger partial charge is 0.470 e. The van der Waals surface area contributed by atoms with Gasteiger partial charge in [-0.2, -0.15) is 5.10 Å². The first-order valence-corrected chi connectivity index (χ1v) is 10.1. The van der Waals surface area contributed by atoms with Crippen LogP contribution in [0.1, 0.15) is 18.5 Å². The van der Waals surface area contributed by atoms with Crippen molar-refractivity contribution in [3.05, 3.63) is 53.2 Å². The van der Waals surface area contributed by atoms with Crippen molar-refractivity contribution in [2.24, 2.45) is 7.05 Å². The predicted octanol–water partition coefficient (Wildman–Crippen LogP) is 3.21. The van der Waals surface area contributed by atoms with Gasteiger partial charge in [0, 0.05) is 65.9 Å². The van der Waals surface area contributed by atoms with Crippen molar-refractivity contribution >= 4 is 21.6 Å². The van der Waals surface area contributed by atoms with E-state index in [1.54, 1.807) is 4.68 Å². The Kier molecular flexibility index (Phi) is 5.59. The summed E-state index contributed by atoms with van der Waals surface area (Å²) in [4.78, 5) is 8.95. The van der Waals surface area contributed by atoms with Crippen molar-refractivity contribution < 1.29 is 4.74 Å². The molecule has 0 bridgehead atoms. The molecule has 3 aromatic rings. The van der Waals surface area contributed by atoms with Crippen molar-refractivity contribution in [2.75, 3.05) is 25.0 Å². The number of pyridine rings is 2. The second-order valence-electron chi connectivity index (χ2n) is 7.06. The number of rotatable bonds is 6. The third-order valence-electron chi connectivity index (χ3n) is 4.77. The zero-order chi connectivity index (χ0) is 19.5. The standard InChI is InChI=1S/C20H23BrN6O/c1-13(18-4-3-16(21)9-23-18)6-22-10-17-11-24-19-5-14(7-25-20(19)28-17)15-8-26-27(2)12-15/h3-5,7-9,12-13,17,22,24H,6,10-11H2,1-2H3. The lowest BCUT2D eigenvalue weighted by Crippen LogP contribution is -2.40. The van der Waals surface area contributed by atoms with Crippen molar-refractivity contribution in [1.29, 1.82) is 0 Å². The van der Waals surface area contributed by atoms with Crippen LogP contribution < -0.4 is 15.4 Å². The first-order chi connectivity index (χ1) is 13.6. The van der Waals surface area contributed by atoms with E-state index in [4.69, 9.17) is 4.74 Å². The molecule has 4 heterocycles. The number of aromatic nitrogens is 4. The highest BCUT2D eigenvalue weighted by Gasteiger charge is 2.21. The zero-order valence-corrected chi connectivity index (χ0v) is 17.5. The van der Waals surface area contributed by atoms with Gasteiger partial charge in [-0.25, -0.2) is 4.98 Å². The molecule has 2 N–H and O–H groups in total. The lowest BCUT2D eigenvalue weighted by molar-refractivity contribution is 0.193. The molecule has 8 heteroatoms. The van der Waals surface area contributed by atoms with Crippen LogP contribution in [0.3, 0.4) is 0 Å². The van der Waals surface area contributed by atoms with E-state index in [2.05, 4.69) is 60.7 Å². The Labute approximate surface area is 172 Å². The molecule has 0 radical (unpaired) electrons. The van der Waals surface area contributed by atoms with Gasteiger partial charge < -0.3 is 15.4 Å². The van der Waals surface area contributed by atoms with E-state index < -0.39 is 0 Å². The number of anilines is 1. The minimum Gasteiger partial charge on any atom is -0.470 e. The van der Waals surface area contributed by atoms with E-state index in [1.165, 1.54) is 0 Å². The van der Waals surface area contributed by atoms with Crippen LogP contribution in [0.15, 0.2) is 47.5 Å². The van der Waals surface area contributed by atoms with Crippen molar-refractivity contribution in [2.45, 2.75) is 18.9 Å². The van der Waals surface area contributed by atoms with Gasteiger partial charge in [0.25, 0.3) is 0 Å². The second-order valence-corrected chi connectivity index (χ2v) is 7.98. The van der Waals surface area contributed by atoms with E-state index in [1.807, 2.05) is 37.9 Å². The summed E-state index contributed by atoms with van der Waals surface area (Å²) in [6, 6.07) is 6.13. The Balaban J connectivity index is 1.31. The summed E-state index contributed by atoms with van der Waals surface area (Å²) in [5.74, 6) is 0.977. The molecule has 0 saturated carbocycles. The number of nitrogens with one attached hydrogen (secondary N) is 2. The van der Waals surface area contributed by atoms with E-state index in [-0.39, 0.29) is 6.10 Å². The van der Waals surface area contributed by atoms with Crippen LogP contribution in [0.25, 0.3) is 11.1 Å². The Morgan fingerprint density at radius 3 is 2.93 bits per heavy atom. The quantitative estimate of drug-likeness (QED) is 0.610. The number of nitrogens with zero attached hydrogens (tertiary/aromatic N) is 4. The molecule has 3 aromatic heterocycles. The molecule has 2 unspecified atom stereocenters. The fourth-order valence-electron chi connectivity index (χ4n) is 3.18. The highest BCUT2D eigenvalue weighted by Crippen LogP contribution is 2.31. The highest BCUT2D eigenvalue weighted by molar-refractivity contribution is 9.10. The summed E-state index contributed by atoms with van der Waals surface area (Å²) in [7, 11) is 1.90. The predicted molar refractivity (Wildman–Crippen MR) is 113 cm³/mol. The monoisotopic (exact) mass is 442 g/mol. The second kappa shape index (κ2) is 8.28. The van der Waals surface area contributed by atoms with E-state index >= 15 is 0 Å². The number of ether oxygens (including phenoxy) is 1. The molecule has 2 atom stereocenters. The number of hydrogen-bond donors (Lipinski definition) is 2. The van der Waals surface area contributed by atoms with Crippen LogP contribution >= 0.6 is 15.9 Å². The molecule has 7 nitrogen and oxygen atoms in total. The van der Waals surface area contributed by atoms with E-state index in [0.717, 1.165) is 46.6 Å². The van der Waals surface area contributed by atoms with Gasteiger partial charge in [-0.15, -0.1) is 0 Å². The number of hydrogen-bond acceptors (Lipinski definition) is 6. The number of fused-ring (bicyclic) bond motifs is 1. The number of aryl methyl sites for hydroxylation is 1. The summed E-state index contributed by atoms with van der Waals surface area (Å²) in [6.45, 7) is 4.50. The van der Waals surface area contributed by atoms with Gasteiger partial charge in [0.15, 0.2) is 0 Å². The minimum atomic E-state index is 0.0364. The molecule has 146 valence electrons. The smallest absolute Gasteiger partial charge is 0.237 e. The molecule has 0 aromatic carbocycles. The highest BCUT2D eigenvalue weighted by atomic mass is 79.9. The fourth-order valence-corrected chi connectivity index (χ4v) is 3.42. The normalized spacial score (nSPS) is 16.8. The lowest BCUT2D eigenvalue weighted by Gasteiger charge is -2.27. The molecular formula is C20H23BrN6O. The van der Waals surface area contributed by atoms with E-state index in [0.29, 0.717) is 11.8 Å². The van der Waals surface area contributed by atoms with Gasteiger partial charge in [0.2, 0.25) is 5.88 Å². The molecular weight excluding hydrogens is 420 g/mol. The van der Waals surface area contributed by atoms with Crippen LogP contribution in [0.2, 0.25) is 0 Å². The number of halogens is 1. The molecule has 1 aliphatic rings. The van der Waals surface area contributed by atoms with Crippen molar-refractivity contribution in [3.63, 3.8) is 0 Å². The summed E-state index contributed by atoms with van der Waals surface area (Å²) in [5.41, 5.74) is 4.06. The Morgan fingerprint density at radius 2 is 2.18 bits per heavy atom. The maximum atomic E-state index is 6.05. The molecule has 4 rings (SSSR count). The average Bonchev–Trinajstić information content (AvgIpc) is 3.14. The Bertz CT molecular complexity index is 942. The van der Waals surface area contributed by atoms with Crippen LogP contribution in [-0.4, -0.2) is 45.5 Å². The Hall–Kier alpha value is -2.45. The van der Waals surface area contributed by atoms with Crippen LogP contribution in [0.5, 0.6) is 5.88 Å². The third-order valence-corrected chi connectivity index (χ3v) is 5.23. The summed E-state index contributed by atoms with van der Waals surface area (Å²) >= 11 is 3.42. The van der Waals surface area contributed by atoms with Gasteiger partial charge in [0.1, 0.15) is 6.10 Å². The molecule has 0 saturated heterocycles. The van der Waals surface area contributed by atoms with Crippen LogP contribution in [0.4, 0.5) is 5.69 Å². The van der Waals surface area contributed by atoms with Crippen molar-refractivity contribution in [1.82, 2.24) is 25.1 Å². The lowest BCUT2D eigenvalue weighted by atomic mass is 10.1. The van der Waals surface area contributed by atoms with Gasteiger partial charge >= 0.3 is 0 Å². The minimum absolute atomic E-state index is 0.0364. The fraction of sp³-hybridized carbons (Fsp3) is 0.350. The Morgan fingerprint density at radius 1 is 1.29 bits per heavy atom. The zero-order valence-electron chi connectivity index (χ0n) is 15.9. The molecule has 0 aliphatic carbocycles. The SMILES string of the molecule is CC(CNCC1CNc2cc(-c3cnn(C)c3)cnc2O1)c1ccc(Br)cn1. The average molecular weight is 443 g/mol. The van der Waals surface area contributed by atoms with Gasteiger partial charge in [-0.1, -0.05) is 6.92 Å². The molecule has 0 spiro atoms.